The van der Waals surface area contributed by atoms with Gasteiger partial charge in [-0.15, -0.1) is 0 Å². The highest BCUT2D eigenvalue weighted by molar-refractivity contribution is 7.89. The van der Waals surface area contributed by atoms with Crippen LogP contribution in [0.5, 0.6) is 5.75 Å². The van der Waals surface area contributed by atoms with Crippen LogP contribution in [0.3, 0.4) is 0 Å². The van der Waals surface area contributed by atoms with Gasteiger partial charge in [-0.2, -0.15) is 4.31 Å². The number of fused-ring (bicyclic) bond motifs is 1. The first kappa shape index (κ1) is 24.9. The summed E-state index contributed by atoms with van der Waals surface area (Å²) in [4.78, 5) is 18.7. The largest absolute Gasteiger partial charge is 0.492 e. The molecule has 4 aromatic rings. The molecule has 0 aliphatic heterocycles. The third-order valence-corrected chi connectivity index (χ3v) is 8.06. The normalized spacial score (nSPS) is 12.7. The number of aromatic nitrogens is 2. The van der Waals surface area contributed by atoms with Gasteiger partial charge in [0.1, 0.15) is 11.6 Å². The fourth-order valence-electron chi connectivity index (χ4n) is 4.11. The molecule has 0 aliphatic carbocycles. The molecule has 35 heavy (non-hydrogen) atoms. The summed E-state index contributed by atoms with van der Waals surface area (Å²) in [7, 11) is -3.91. The molecule has 0 saturated carbocycles. The van der Waals surface area contributed by atoms with Crippen molar-refractivity contribution in [2.24, 2.45) is 0 Å². The zero-order valence-electron chi connectivity index (χ0n) is 19.7. The summed E-state index contributed by atoms with van der Waals surface area (Å²) in [5, 5.41) is 0.871. The molecule has 0 saturated heterocycles. The summed E-state index contributed by atoms with van der Waals surface area (Å²) >= 11 is 5.97. The number of rotatable bonds is 8. The van der Waals surface area contributed by atoms with E-state index in [0.717, 1.165) is 0 Å². The summed E-state index contributed by atoms with van der Waals surface area (Å²) in [5.74, 6) is 0.798. The van der Waals surface area contributed by atoms with Crippen molar-refractivity contribution < 1.29 is 13.2 Å². The molecule has 7 nitrogen and oxygen atoms in total. The van der Waals surface area contributed by atoms with Crippen molar-refractivity contribution in [3.05, 3.63) is 94.0 Å². The number of sulfonamides is 1. The van der Waals surface area contributed by atoms with Crippen LogP contribution in [0.1, 0.15) is 32.6 Å². The van der Waals surface area contributed by atoms with E-state index in [2.05, 4.69) is 0 Å². The maximum Gasteiger partial charge on any atom is 0.266 e. The third-order valence-electron chi connectivity index (χ3n) is 5.75. The quantitative estimate of drug-likeness (QED) is 0.324. The lowest BCUT2D eigenvalue weighted by molar-refractivity contribution is 0.331. The van der Waals surface area contributed by atoms with Crippen LogP contribution in [0, 0.1) is 0 Å². The molecule has 0 fully saturated rings. The Kier molecular flexibility index (Phi) is 7.25. The molecule has 1 heterocycles. The molecule has 0 bridgehead atoms. The van der Waals surface area contributed by atoms with Gasteiger partial charge in [0.15, 0.2) is 0 Å². The van der Waals surface area contributed by atoms with E-state index in [1.165, 1.54) is 33.1 Å². The van der Waals surface area contributed by atoms with Gasteiger partial charge in [0.2, 0.25) is 10.0 Å². The molecule has 1 atom stereocenters. The lowest BCUT2D eigenvalue weighted by atomic mass is 10.2. The van der Waals surface area contributed by atoms with Gasteiger partial charge in [0.05, 0.1) is 34.1 Å². The summed E-state index contributed by atoms with van der Waals surface area (Å²) in [6.45, 7) is 5.92. The number of nitrogens with zero attached hydrogens (tertiary/aromatic N) is 3. The van der Waals surface area contributed by atoms with Crippen LogP contribution in [-0.2, 0) is 10.0 Å². The lowest BCUT2D eigenvalue weighted by Crippen LogP contribution is -2.37. The van der Waals surface area contributed by atoms with E-state index in [1.807, 2.05) is 13.0 Å². The Morgan fingerprint density at radius 1 is 1.00 bits per heavy atom. The number of hydrogen-bond acceptors (Lipinski definition) is 5. The van der Waals surface area contributed by atoms with E-state index in [1.54, 1.807) is 56.3 Å². The van der Waals surface area contributed by atoms with Crippen molar-refractivity contribution in [1.82, 2.24) is 13.9 Å². The van der Waals surface area contributed by atoms with E-state index in [-0.39, 0.29) is 17.0 Å². The predicted molar refractivity (Wildman–Crippen MR) is 138 cm³/mol. The van der Waals surface area contributed by atoms with E-state index in [0.29, 0.717) is 39.8 Å². The van der Waals surface area contributed by atoms with Crippen molar-refractivity contribution in [3.8, 4) is 11.4 Å². The standard InChI is InChI=1S/C26H26ClN3O4S/c1-4-29(35(32,33)20-16-14-19(27)15-17-20)18(3)25-28-22-11-7-6-10-21(22)26(31)30(25)23-12-8-9-13-24(23)34-5-2/h6-18H,4-5H2,1-3H3. The molecule has 0 N–H and O–H groups in total. The van der Waals surface area contributed by atoms with Crippen molar-refractivity contribution in [2.75, 3.05) is 13.2 Å². The maximum absolute atomic E-state index is 13.8. The van der Waals surface area contributed by atoms with E-state index in [4.69, 9.17) is 21.3 Å². The van der Waals surface area contributed by atoms with Crippen molar-refractivity contribution >= 4 is 32.5 Å². The Balaban J connectivity index is 1.97. The number of hydrogen-bond donors (Lipinski definition) is 0. The highest BCUT2D eigenvalue weighted by atomic mass is 35.5. The van der Waals surface area contributed by atoms with Gasteiger partial charge in [-0.1, -0.05) is 42.8 Å². The smallest absolute Gasteiger partial charge is 0.266 e. The molecule has 0 spiro atoms. The molecule has 3 aromatic carbocycles. The molecule has 1 aromatic heterocycles. The fourth-order valence-corrected chi connectivity index (χ4v) is 5.83. The first-order valence-electron chi connectivity index (χ1n) is 11.3. The Morgan fingerprint density at radius 2 is 1.66 bits per heavy atom. The van der Waals surface area contributed by atoms with E-state index >= 15 is 0 Å². The minimum Gasteiger partial charge on any atom is -0.492 e. The Bertz CT molecular complexity index is 1520. The van der Waals surface area contributed by atoms with Crippen molar-refractivity contribution in [3.63, 3.8) is 0 Å². The van der Waals surface area contributed by atoms with Crippen LogP contribution in [-0.4, -0.2) is 35.4 Å². The molecule has 0 aliphatic rings. The summed E-state index contributed by atoms with van der Waals surface area (Å²) in [6, 6.07) is 19.4. The van der Waals surface area contributed by atoms with Crippen LogP contribution < -0.4 is 10.3 Å². The zero-order chi connectivity index (χ0) is 25.2. The molecule has 4 rings (SSSR count). The second-order valence-corrected chi connectivity index (χ2v) is 10.2. The predicted octanol–water partition coefficient (Wildman–Crippen LogP) is 5.21. The number of halogens is 1. The summed E-state index contributed by atoms with van der Waals surface area (Å²) in [5.41, 5.74) is 0.688. The van der Waals surface area contributed by atoms with E-state index < -0.39 is 16.1 Å². The Labute approximate surface area is 209 Å². The van der Waals surface area contributed by atoms with Crippen LogP contribution in [0.15, 0.2) is 82.5 Å². The van der Waals surface area contributed by atoms with Gasteiger partial charge in [-0.3, -0.25) is 9.36 Å². The number of benzene rings is 3. The average Bonchev–Trinajstić information content (AvgIpc) is 2.85. The van der Waals surface area contributed by atoms with Crippen LogP contribution >= 0.6 is 11.6 Å². The van der Waals surface area contributed by atoms with Gasteiger partial charge in [-0.05, 0) is 62.4 Å². The minimum absolute atomic E-state index is 0.111. The summed E-state index contributed by atoms with van der Waals surface area (Å²) < 4.78 is 35.8. The fraction of sp³-hybridized carbons (Fsp3) is 0.231. The molecule has 0 radical (unpaired) electrons. The monoisotopic (exact) mass is 511 g/mol. The van der Waals surface area contributed by atoms with E-state index in [9.17, 15) is 13.2 Å². The number of ether oxygens (including phenoxy) is 1. The second-order valence-electron chi connectivity index (χ2n) is 7.87. The first-order valence-corrected chi connectivity index (χ1v) is 13.1. The molecule has 0 amide bonds. The first-order chi connectivity index (χ1) is 16.8. The molecule has 1 unspecified atom stereocenters. The van der Waals surface area contributed by atoms with Gasteiger partial charge in [0, 0.05) is 11.6 Å². The molecule has 182 valence electrons. The van der Waals surface area contributed by atoms with Gasteiger partial charge >= 0.3 is 0 Å². The van der Waals surface area contributed by atoms with Gasteiger partial charge < -0.3 is 4.74 Å². The van der Waals surface area contributed by atoms with Crippen molar-refractivity contribution in [1.29, 1.82) is 0 Å². The van der Waals surface area contributed by atoms with Crippen molar-refractivity contribution in [2.45, 2.75) is 31.7 Å². The SMILES string of the molecule is CCOc1ccccc1-n1c(C(C)N(CC)S(=O)(=O)c2ccc(Cl)cc2)nc2ccccc2c1=O. The molecule has 9 heteroatoms. The van der Waals surface area contributed by atoms with Crippen LogP contribution in [0.2, 0.25) is 5.02 Å². The summed E-state index contributed by atoms with van der Waals surface area (Å²) in [6.07, 6.45) is 0. The Morgan fingerprint density at radius 3 is 2.34 bits per heavy atom. The maximum atomic E-state index is 13.8. The highest BCUT2D eigenvalue weighted by Gasteiger charge is 2.32. The Hall–Kier alpha value is -3.20. The highest BCUT2D eigenvalue weighted by Crippen LogP contribution is 2.31. The molecular formula is C26H26ClN3O4S. The molecular weight excluding hydrogens is 486 g/mol. The van der Waals surface area contributed by atoms with Gasteiger partial charge in [0.25, 0.3) is 5.56 Å². The van der Waals surface area contributed by atoms with Crippen LogP contribution in [0.25, 0.3) is 16.6 Å². The zero-order valence-corrected chi connectivity index (χ0v) is 21.3. The topological polar surface area (TPSA) is 81.5 Å². The second kappa shape index (κ2) is 10.2. The third kappa shape index (κ3) is 4.69. The van der Waals surface area contributed by atoms with Crippen LogP contribution in [0.4, 0.5) is 0 Å². The lowest BCUT2D eigenvalue weighted by Gasteiger charge is -2.29. The van der Waals surface area contributed by atoms with Gasteiger partial charge in [-0.25, -0.2) is 13.4 Å². The average molecular weight is 512 g/mol. The number of para-hydroxylation sites is 3. The minimum atomic E-state index is -3.91.